The van der Waals surface area contributed by atoms with Gasteiger partial charge in [-0.05, 0) is 36.8 Å². The van der Waals surface area contributed by atoms with Crippen LogP contribution in [0.4, 0.5) is 0 Å². The van der Waals surface area contributed by atoms with Crippen LogP contribution >= 0.6 is 11.8 Å². The Morgan fingerprint density at radius 1 is 1.00 bits per heavy atom. The van der Waals surface area contributed by atoms with Gasteiger partial charge >= 0.3 is 0 Å². The zero-order valence-electron chi connectivity index (χ0n) is 12.6. The van der Waals surface area contributed by atoms with E-state index in [-0.39, 0.29) is 0 Å². The number of ether oxygens (including phenoxy) is 2. The van der Waals surface area contributed by atoms with Gasteiger partial charge in [-0.15, -0.1) is 0 Å². The van der Waals surface area contributed by atoms with E-state index in [2.05, 4.69) is 6.07 Å². The fourth-order valence-corrected chi connectivity index (χ4v) is 2.69. The van der Waals surface area contributed by atoms with Crippen molar-refractivity contribution >= 4 is 11.8 Å². The second-order valence-corrected chi connectivity index (χ2v) is 5.69. The Kier molecular flexibility index (Phi) is 6.66. The molecule has 0 atom stereocenters. The van der Waals surface area contributed by atoms with Gasteiger partial charge in [-0.1, -0.05) is 24.3 Å². The van der Waals surface area contributed by atoms with Crippen LogP contribution in [0.5, 0.6) is 11.5 Å². The first-order chi connectivity index (χ1) is 10.8. The number of thioether (sulfide) groups is 1. The fourth-order valence-electron chi connectivity index (χ4n) is 1.92. The summed E-state index contributed by atoms with van der Waals surface area (Å²) >= 11 is 1.81. The molecule has 0 aliphatic heterocycles. The third-order valence-electron chi connectivity index (χ3n) is 2.99. The van der Waals surface area contributed by atoms with E-state index in [1.807, 2.05) is 67.2 Å². The highest BCUT2D eigenvalue weighted by Gasteiger charge is 2.03. The van der Waals surface area contributed by atoms with E-state index in [9.17, 15) is 0 Å². The molecule has 0 saturated carbocycles. The van der Waals surface area contributed by atoms with Gasteiger partial charge in [0.1, 0.15) is 0 Å². The summed E-state index contributed by atoms with van der Waals surface area (Å²) < 4.78 is 11.3. The minimum absolute atomic E-state index is 0.633. The molecule has 0 radical (unpaired) electrons. The molecule has 0 spiro atoms. The lowest BCUT2D eigenvalue weighted by molar-refractivity contribution is 0.289. The summed E-state index contributed by atoms with van der Waals surface area (Å²) in [6, 6.07) is 17.6. The number of para-hydroxylation sites is 2. The topological polar surface area (TPSA) is 42.2 Å². The minimum Gasteiger partial charge on any atom is -0.490 e. The molecular weight excluding hydrogens is 294 g/mol. The zero-order chi connectivity index (χ0) is 15.6. The third kappa shape index (κ3) is 5.01. The van der Waals surface area contributed by atoms with Crippen molar-refractivity contribution < 1.29 is 9.47 Å². The molecule has 2 aromatic carbocycles. The molecule has 0 amide bonds. The van der Waals surface area contributed by atoms with Crippen LogP contribution in [0.2, 0.25) is 0 Å². The van der Waals surface area contributed by atoms with Crippen LogP contribution in [0, 0.1) is 11.3 Å². The summed E-state index contributed by atoms with van der Waals surface area (Å²) in [4.78, 5) is 0. The van der Waals surface area contributed by atoms with Crippen molar-refractivity contribution in [1.29, 1.82) is 5.26 Å². The molecule has 2 aromatic rings. The van der Waals surface area contributed by atoms with Crippen molar-refractivity contribution in [3.05, 3.63) is 59.7 Å². The second-order valence-electron chi connectivity index (χ2n) is 4.59. The van der Waals surface area contributed by atoms with E-state index in [1.54, 1.807) is 0 Å². The van der Waals surface area contributed by atoms with Crippen molar-refractivity contribution in [2.24, 2.45) is 0 Å². The van der Waals surface area contributed by atoms with Crippen molar-refractivity contribution in [1.82, 2.24) is 0 Å². The lowest BCUT2D eigenvalue weighted by atomic mass is 10.2. The van der Waals surface area contributed by atoms with Gasteiger partial charge in [-0.3, -0.25) is 0 Å². The first-order valence-electron chi connectivity index (χ1n) is 7.25. The van der Waals surface area contributed by atoms with Gasteiger partial charge in [0.2, 0.25) is 0 Å². The SMILES string of the molecule is CCOc1ccccc1OCCSCc1ccc(C#N)cc1. The van der Waals surface area contributed by atoms with Crippen LogP contribution in [0.15, 0.2) is 48.5 Å². The standard InChI is InChI=1S/C18H19NO2S/c1-2-20-17-5-3-4-6-18(17)21-11-12-22-14-16-9-7-15(13-19)8-10-16/h3-10H,2,11-12,14H2,1H3. The van der Waals surface area contributed by atoms with Crippen molar-refractivity contribution in [3.63, 3.8) is 0 Å². The number of rotatable bonds is 8. The molecule has 0 bridgehead atoms. The molecule has 0 N–H and O–H groups in total. The highest BCUT2D eigenvalue weighted by atomic mass is 32.2. The number of benzene rings is 2. The van der Waals surface area contributed by atoms with Crippen LogP contribution < -0.4 is 9.47 Å². The van der Waals surface area contributed by atoms with Crippen LogP contribution in [0.3, 0.4) is 0 Å². The predicted molar refractivity (Wildman–Crippen MR) is 90.4 cm³/mol. The number of nitriles is 1. The predicted octanol–water partition coefficient (Wildman–Crippen LogP) is 4.27. The summed E-state index contributed by atoms with van der Waals surface area (Å²) in [6.07, 6.45) is 0. The van der Waals surface area contributed by atoms with Gasteiger partial charge in [0, 0.05) is 11.5 Å². The molecule has 4 heteroatoms. The average molecular weight is 313 g/mol. The molecule has 2 rings (SSSR count). The van der Waals surface area contributed by atoms with Crippen LogP contribution in [-0.2, 0) is 5.75 Å². The van der Waals surface area contributed by atoms with Gasteiger partial charge in [-0.2, -0.15) is 17.0 Å². The van der Waals surface area contributed by atoms with Crippen LogP contribution in [0.25, 0.3) is 0 Å². The van der Waals surface area contributed by atoms with Gasteiger partial charge in [0.15, 0.2) is 11.5 Å². The zero-order valence-corrected chi connectivity index (χ0v) is 13.4. The summed E-state index contributed by atoms with van der Waals surface area (Å²) in [6.45, 7) is 3.24. The Balaban J connectivity index is 1.72. The van der Waals surface area contributed by atoms with Gasteiger partial charge in [0.25, 0.3) is 0 Å². The largest absolute Gasteiger partial charge is 0.490 e. The highest BCUT2D eigenvalue weighted by molar-refractivity contribution is 7.98. The van der Waals surface area contributed by atoms with Gasteiger partial charge < -0.3 is 9.47 Å². The summed E-state index contributed by atoms with van der Waals surface area (Å²) in [7, 11) is 0. The smallest absolute Gasteiger partial charge is 0.161 e. The fraction of sp³-hybridized carbons (Fsp3) is 0.278. The number of nitrogens with zero attached hydrogens (tertiary/aromatic N) is 1. The van der Waals surface area contributed by atoms with E-state index < -0.39 is 0 Å². The second kappa shape index (κ2) is 9.01. The third-order valence-corrected chi connectivity index (χ3v) is 3.98. The van der Waals surface area contributed by atoms with Crippen molar-refractivity contribution in [3.8, 4) is 17.6 Å². The molecule has 22 heavy (non-hydrogen) atoms. The van der Waals surface area contributed by atoms with E-state index in [4.69, 9.17) is 14.7 Å². The van der Waals surface area contributed by atoms with Gasteiger partial charge in [0.05, 0.1) is 24.8 Å². The summed E-state index contributed by atoms with van der Waals surface area (Å²) in [5.74, 6) is 3.41. The minimum atomic E-state index is 0.633. The molecule has 0 heterocycles. The van der Waals surface area contributed by atoms with Crippen LogP contribution in [0.1, 0.15) is 18.1 Å². The molecule has 3 nitrogen and oxygen atoms in total. The lowest BCUT2D eigenvalue weighted by Gasteiger charge is -2.11. The molecule has 0 fully saturated rings. The Morgan fingerprint density at radius 2 is 1.68 bits per heavy atom. The highest BCUT2D eigenvalue weighted by Crippen LogP contribution is 2.26. The number of hydrogen-bond donors (Lipinski definition) is 0. The maximum Gasteiger partial charge on any atom is 0.161 e. The molecule has 0 unspecified atom stereocenters. The van der Waals surface area contributed by atoms with Crippen LogP contribution in [-0.4, -0.2) is 19.0 Å². The molecular formula is C18H19NO2S. The van der Waals surface area contributed by atoms with Crippen molar-refractivity contribution in [2.75, 3.05) is 19.0 Å². The van der Waals surface area contributed by atoms with Crippen molar-refractivity contribution in [2.45, 2.75) is 12.7 Å². The summed E-state index contributed by atoms with van der Waals surface area (Å²) in [5, 5.41) is 8.76. The molecule has 0 aromatic heterocycles. The average Bonchev–Trinajstić information content (AvgIpc) is 2.57. The Bertz CT molecular complexity index is 620. The molecule has 0 aliphatic carbocycles. The quantitative estimate of drug-likeness (QED) is 0.683. The normalized spacial score (nSPS) is 10.0. The van der Waals surface area contributed by atoms with E-state index in [1.165, 1.54) is 5.56 Å². The monoisotopic (exact) mass is 313 g/mol. The molecule has 0 saturated heterocycles. The lowest BCUT2D eigenvalue weighted by Crippen LogP contribution is -2.03. The first kappa shape index (κ1) is 16.3. The maximum atomic E-state index is 8.76. The Labute approximate surface area is 135 Å². The van der Waals surface area contributed by atoms with E-state index in [0.717, 1.165) is 23.0 Å². The van der Waals surface area contributed by atoms with E-state index >= 15 is 0 Å². The Hall–Kier alpha value is -2.12. The maximum absolute atomic E-state index is 8.76. The van der Waals surface area contributed by atoms with Gasteiger partial charge in [-0.25, -0.2) is 0 Å². The van der Waals surface area contributed by atoms with E-state index in [0.29, 0.717) is 18.8 Å². The molecule has 0 aliphatic rings. The molecule has 114 valence electrons. The Morgan fingerprint density at radius 3 is 2.32 bits per heavy atom. The first-order valence-corrected chi connectivity index (χ1v) is 8.40. The summed E-state index contributed by atoms with van der Waals surface area (Å²) in [5.41, 5.74) is 1.92. The number of hydrogen-bond acceptors (Lipinski definition) is 4.